The van der Waals surface area contributed by atoms with Crippen molar-refractivity contribution < 1.29 is 19.1 Å². The van der Waals surface area contributed by atoms with Crippen molar-refractivity contribution in [3.63, 3.8) is 0 Å². The highest BCUT2D eigenvalue weighted by Gasteiger charge is 2.52. The number of carbonyl (C=O) groups excluding carboxylic acids is 3. The normalized spacial score (nSPS) is 24.0. The lowest BCUT2D eigenvalue weighted by Gasteiger charge is -2.19. The van der Waals surface area contributed by atoms with E-state index in [-0.39, 0.29) is 18.5 Å². The Balaban J connectivity index is 1.74. The van der Waals surface area contributed by atoms with Crippen LogP contribution >= 0.6 is 11.8 Å². The molecule has 0 radical (unpaired) electrons. The number of rotatable bonds is 3. The maximum Gasteiger partial charge on any atom is 0.337 e. The number of nitrogens with one attached hydrogen (secondary N) is 1. The Bertz CT molecular complexity index is 623. The fourth-order valence-corrected chi connectivity index (χ4v) is 4.02. The van der Waals surface area contributed by atoms with Crippen LogP contribution in [0.1, 0.15) is 22.3 Å². The number of nitrogens with zero attached hydrogens (tertiary/aromatic N) is 1. The predicted molar refractivity (Wildman–Crippen MR) is 81.5 cm³/mol. The summed E-state index contributed by atoms with van der Waals surface area (Å²) < 4.78 is 4.64. The molecule has 0 aromatic heterocycles. The van der Waals surface area contributed by atoms with E-state index in [1.54, 1.807) is 36.0 Å². The Morgan fingerprint density at radius 3 is 2.68 bits per heavy atom. The molecule has 2 saturated heterocycles. The van der Waals surface area contributed by atoms with Gasteiger partial charge in [-0.25, -0.2) is 9.59 Å². The Labute approximate surface area is 132 Å². The van der Waals surface area contributed by atoms with Crippen molar-refractivity contribution in [1.82, 2.24) is 10.2 Å². The van der Waals surface area contributed by atoms with Gasteiger partial charge in [-0.05, 0) is 29.9 Å². The van der Waals surface area contributed by atoms with Crippen LogP contribution in [-0.2, 0) is 16.1 Å². The number of carbonyl (C=O) groups is 3. The third kappa shape index (κ3) is 2.45. The number of hydrogen-bond donors (Lipinski definition) is 1. The van der Waals surface area contributed by atoms with Crippen molar-refractivity contribution in [2.75, 3.05) is 18.6 Å². The minimum atomic E-state index is -0.715. The highest BCUT2D eigenvalue weighted by atomic mass is 32.2. The molecule has 3 amide bonds. The van der Waals surface area contributed by atoms with E-state index in [1.807, 2.05) is 0 Å². The Hall–Kier alpha value is -2.02. The smallest absolute Gasteiger partial charge is 0.337 e. The van der Waals surface area contributed by atoms with E-state index in [1.165, 1.54) is 12.0 Å². The van der Waals surface area contributed by atoms with E-state index >= 15 is 0 Å². The molecule has 2 aliphatic heterocycles. The summed E-state index contributed by atoms with van der Waals surface area (Å²) in [6.45, 7) is 0.207. The third-order valence-corrected chi connectivity index (χ3v) is 5.17. The Morgan fingerprint density at radius 1 is 1.36 bits per heavy atom. The second kappa shape index (κ2) is 5.64. The first-order valence-electron chi connectivity index (χ1n) is 6.95. The summed E-state index contributed by atoms with van der Waals surface area (Å²) in [5.41, 5.74) is 0.513. The summed E-state index contributed by atoms with van der Waals surface area (Å²) >= 11 is 1.68. The van der Waals surface area contributed by atoms with Gasteiger partial charge in [-0.2, -0.15) is 11.8 Å². The average Bonchev–Trinajstić information content (AvgIpc) is 3.09. The number of ether oxygens (including phenoxy) is 1. The molecular formula is C15H16N2O4S. The lowest BCUT2D eigenvalue weighted by molar-refractivity contribution is -0.130. The van der Waals surface area contributed by atoms with E-state index in [0.717, 1.165) is 11.3 Å². The second-order valence-corrected chi connectivity index (χ2v) is 6.50. The molecule has 2 fully saturated rings. The van der Waals surface area contributed by atoms with Crippen LogP contribution in [0.4, 0.5) is 4.79 Å². The van der Waals surface area contributed by atoms with Gasteiger partial charge in [0.05, 0.1) is 19.2 Å². The zero-order chi connectivity index (χ0) is 15.7. The maximum atomic E-state index is 12.5. The summed E-state index contributed by atoms with van der Waals surface area (Å²) in [6.07, 6.45) is 0.681. The molecule has 0 bridgehead atoms. The topological polar surface area (TPSA) is 75.7 Å². The van der Waals surface area contributed by atoms with Crippen molar-refractivity contribution in [2.24, 2.45) is 0 Å². The van der Waals surface area contributed by atoms with Crippen molar-refractivity contribution in [2.45, 2.75) is 18.5 Å². The minimum Gasteiger partial charge on any atom is -0.465 e. The number of benzene rings is 1. The van der Waals surface area contributed by atoms with Gasteiger partial charge in [-0.15, -0.1) is 0 Å². The molecule has 2 heterocycles. The summed E-state index contributed by atoms with van der Waals surface area (Å²) in [7, 11) is 1.32. The third-order valence-electron chi connectivity index (χ3n) is 3.98. The zero-order valence-corrected chi connectivity index (χ0v) is 12.9. The Morgan fingerprint density at radius 2 is 2.09 bits per heavy atom. The summed E-state index contributed by atoms with van der Waals surface area (Å²) in [5.74, 6) is 0.950. The van der Waals surface area contributed by atoms with E-state index in [4.69, 9.17) is 0 Å². The minimum absolute atomic E-state index is 0.153. The predicted octanol–water partition coefficient (Wildman–Crippen LogP) is 1.40. The van der Waals surface area contributed by atoms with Gasteiger partial charge < -0.3 is 10.1 Å². The lowest BCUT2D eigenvalue weighted by atomic mass is 9.99. The van der Waals surface area contributed by atoms with Crippen LogP contribution < -0.4 is 5.32 Å². The van der Waals surface area contributed by atoms with Gasteiger partial charge in [-0.3, -0.25) is 9.69 Å². The van der Waals surface area contributed by atoms with Crippen LogP contribution in [0.5, 0.6) is 0 Å². The number of urea groups is 1. The van der Waals surface area contributed by atoms with Gasteiger partial charge in [0.15, 0.2) is 0 Å². The molecule has 1 unspecified atom stereocenters. The highest BCUT2D eigenvalue weighted by Crippen LogP contribution is 2.33. The van der Waals surface area contributed by atoms with Gasteiger partial charge in [0, 0.05) is 5.75 Å². The molecule has 3 rings (SSSR count). The van der Waals surface area contributed by atoms with Crippen molar-refractivity contribution in [3.05, 3.63) is 35.4 Å². The van der Waals surface area contributed by atoms with E-state index in [2.05, 4.69) is 10.1 Å². The van der Waals surface area contributed by atoms with Gasteiger partial charge in [0.2, 0.25) is 0 Å². The highest BCUT2D eigenvalue weighted by molar-refractivity contribution is 7.99. The zero-order valence-electron chi connectivity index (χ0n) is 12.1. The summed E-state index contributed by atoms with van der Waals surface area (Å²) in [5, 5.41) is 2.83. The molecule has 7 heteroatoms. The van der Waals surface area contributed by atoms with E-state index in [0.29, 0.717) is 17.7 Å². The molecule has 0 aliphatic carbocycles. The molecule has 6 nitrogen and oxygen atoms in total. The standard InChI is InChI=1S/C15H16N2O4S/c1-21-12(18)11-4-2-10(3-5-11)8-17-13(19)15(16-14(17)20)6-7-22-9-15/h2-5H,6-9H2,1H3,(H,16,20). The number of hydrogen-bond acceptors (Lipinski definition) is 5. The molecule has 1 spiro atoms. The number of methoxy groups -OCH3 is 1. The van der Waals surface area contributed by atoms with E-state index in [9.17, 15) is 14.4 Å². The van der Waals surface area contributed by atoms with Gasteiger partial charge in [-0.1, -0.05) is 12.1 Å². The van der Waals surface area contributed by atoms with Crippen molar-refractivity contribution >= 4 is 29.7 Å². The summed E-state index contributed by atoms with van der Waals surface area (Å²) in [4.78, 5) is 37.2. The number of thioether (sulfide) groups is 1. The van der Waals surface area contributed by atoms with E-state index < -0.39 is 11.5 Å². The molecule has 0 saturated carbocycles. The molecule has 116 valence electrons. The maximum absolute atomic E-state index is 12.5. The molecular weight excluding hydrogens is 304 g/mol. The second-order valence-electron chi connectivity index (χ2n) is 5.39. The van der Waals surface area contributed by atoms with Crippen LogP contribution in [0.15, 0.2) is 24.3 Å². The van der Waals surface area contributed by atoms with Crippen LogP contribution in [0.25, 0.3) is 0 Å². The monoisotopic (exact) mass is 320 g/mol. The lowest BCUT2D eigenvalue weighted by Crippen LogP contribution is -2.46. The first-order chi connectivity index (χ1) is 10.6. The Kier molecular flexibility index (Phi) is 3.82. The van der Waals surface area contributed by atoms with Crippen LogP contribution in [0.3, 0.4) is 0 Å². The SMILES string of the molecule is COC(=O)c1ccc(CN2C(=O)NC3(CCSC3)C2=O)cc1. The summed E-state index contributed by atoms with van der Waals surface area (Å²) in [6, 6.07) is 6.36. The molecule has 1 N–H and O–H groups in total. The molecule has 1 atom stereocenters. The number of esters is 1. The van der Waals surface area contributed by atoms with Crippen LogP contribution in [0, 0.1) is 0 Å². The largest absolute Gasteiger partial charge is 0.465 e. The fourth-order valence-electron chi connectivity index (χ4n) is 2.70. The van der Waals surface area contributed by atoms with Crippen molar-refractivity contribution in [1.29, 1.82) is 0 Å². The van der Waals surface area contributed by atoms with Gasteiger partial charge in [0.1, 0.15) is 5.54 Å². The van der Waals surface area contributed by atoms with Crippen LogP contribution in [-0.4, -0.2) is 47.0 Å². The van der Waals surface area contributed by atoms with Gasteiger partial charge in [0.25, 0.3) is 5.91 Å². The molecule has 1 aromatic carbocycles. The average molecular weight is 320 g/mol. The van der Waals surface area contributed by atoms with Crippen LogP contribution in [0.2, 0.25) is 0 Å². The molecule has 1 aromatic rings. The molecule has 22 heavy (non-hydrogen) atoms. The quantitative estimate of drug-likeness (QED) is 0.673. The van der Waals surface area contributed by atoms with Crippen molar-refractivity contribution in [3.8, 4) is 0 Å². The fraction of sp³-hybridized carbons (Fsp3) is 0.400. The number of amides is 3. The molecule has 2 aliphatic rings. The van der Waals surface area contributed by atoms with Gasteiger partial charge >= 0.3 is 12.0 Å². The first-order valence-corrected chi connectivity index (χ1v) is 8.10. The number of imide groups is 1. The first kappa shape index (κ1) is 14.9.